The molecule has 1 aliphatic heterocycles. The van der Waals surface area contributed by atoms with E-state index in [4.69, 9.17) is 10.5 Å². The quantitative estimate of drug-likeness (QED) is 0.878. The standard InChI is InChI=1S/C12H17FN2O3S/c1-9-2-3-10(13)6-12(9)19(16,17)15-4-5-18-11(7-14)8-15/h2-3,6,11H,4-5,7-8,14H2,1H3. The van der Waals surface area contributed by atoms with Crippen molar-refractivity contribution in [3.63, 3.8) is 0 Å². The van der Waals surface area contributed by atoms with E-state index in [1.807, 2.05) is 0 Å². The van der Waals surface area contributed by atoms with Gasteiger partial charge in [-0.15, -0.1) is 0 Å². The molecule has 1 aliphatic rings. The van der Waals surface area contributed by atoms with E-state index >= 15 is 0 Å². The van der Waals surface area contributed by atoms with Gasteiger partial charge in [0.15, 0.2) is 0 Å². The number of hydrogen-bond acceptors (Lipinski definition) is 4. The van der Waals surface area contributed by atoms with Crippen LogP contribution in [0, 0.1) is 12.7 Å². The average Bonchev–Trinajstić information content (AvgIpc) is 2.41. The monoisotopic (exact) mass is 288 g/mol. The number of benzene rings is 1. The van der Waals surface area contributed by atoms with Gasteiger partial charge in [-0.2, -0.15) is 4.31 Å². The van der Waals surface area contributed by atoms with Gasteiger partial charge < -0.3 is 10.5 Å². The molecule has 2 N–H and O–H groups in total. The predicted octanol–water partition coefficient (Wildman–Crippen LogP) is 0.482. The minimum absolute atomic E-state index is 0.00479. The van der Waals surface area contributed by atoms with Gasteiger partial charge in [-0.3, -0.25) is 0 Å². The number of aryl methyl sites for hydroxylation is 1. The third-order valence-corrected chi connectivity index (χ3v) is 5.14. The van der Waals surface area contributed by atoms with Crippen LogP contribution in [0.15, 0.2) is 23.1 Å². The molecule has 1 unspecified atom stereocenters. The number of sulfonamides is 1. The van der Waals surface area contributed by atoms with Gasteiger partial charge in [0.1, 0.15) is 5.82 Å². The molecule has 19 heavy (non-hydrogen) atoms. The van der Waals surface area contributed by atoms with Gasteiger partial charge in [0.25, 0.3) is 0 Å². The van der Waals surface area contributed by atoms with Crippen molar-refractivity contribution >= 4 is 10.0 Å². The summed E-state index contributed by atoms with van der Waals surface area (Å²) in [4.78, 5) is 0.00479. The van der Waals surface area contributed by atoms with Gasteiger partial charge >= 0.3 is 0 Å². The number of morpholine rings is 1. The van der Waals surface area contributed by atoms with Crippen LogP contribution in [0.3, 0.4) is 0 Å². The molecule has 0 aromatic heterocycles. The van der Waals surface area contributed by atoms with E-state index in [9.17, 15) is 12.8 Å². The Morgan fingerprint density at radius 3 is 2.95 bits per heavy atom. The third-order valence-electron chi connectivity index (χ3n) is 3.13. The Hall–Kier alpha value is -1.02. The van der Waals surface area contributed by atoms with E-state index in [1.165, 1.54) is 16.4 Å². The number of nitrogens with two attached hydrogens (primary N) is 1. The van der Waals surface area contributed by atoms with Crippen LogP contribution >= 0.6 is 0 Å². The second-order valence-corrected chi connectivity index (χ2v) is 6.41. The lowest BCUT2D eigenvalue weighted by atomic mass is 10.2. The summed E-state index contributed by atoms with van der Waals surface area (Å²) in [7, 11) is -3.70. The highest BCUT2D eigenvalue weighted by molar-refractivity contribution is 7.89. The molecule has 0 bridgehead atoms. The molecule has 2 rings (SSSR count). The maximum absolute atomic E-state index is 13.3. The molecule has 0 aliphatic carbocycles. The highest BCUT2D eigenvalue weighted by Gasteiger charge is 2.31. The summed E-state index contributed by atoms with van der Waals surface area (Å²) < 4.78 is 44.9. The first kappa shape index (κ1) is 14.4. The number of rotatable bonds is 3. The molecule has 7 heteroatoms. The van der Waals surface area contributed by atoms with E-state index in [1.54, 1.807) is 6.92 Å². The molecule has 5 nitrogen and oxygen atoms in total. The van der Waals surface area contributed by atoms with Crippen molar-refractivity contribution in [3.05, 3.63) is 29.6 Å². The summed E-state index contributed by atoms with van der Waals surface area (Å²) >= 11 is 0. The Morgan fingerprint density at radius 2 is 2.26 bits per heavy atom. The lowest BCUT2D eigenvalue weighted by Gasteiger charge is -2.31. The smallest absolute Gasteiger partial charge is 0.243 e. The fourth-order valence-electron chi connectivity index (χ4n) is 2.04. The molecule has 0 spiro atoms. The summed E-state index contributed by atoms with van der Waals surface area (Å²) in [6.07, 6.45) is -0.308. The van der Waals surface area contributed by atoms with Crippen LogP contribution in [0.1, 0.15) is 5.56 Å². The summed E-state index contributed by atoms with van der Waals surface area (Å²) in [5.74, 6) is -0.562. The molecule has 1 fully saturated rings. The van der Waals surface area contributed by atoms with Crippen LogP contribution in [0.25, 0.3) is 0 Å². The number of halogens is 1. The van der Waals surface area contributed by atoms with Crippen molar-refractivity contribution in [3.8, 4) is 0 Å². The molecule has 1 saturated heterocycles. The van der Waals surface area contributed by atoms with Crippen molar-refractivity contribution < 1.29 is 17.5 Å². The zero-order valence-corrected chi connectivity index (χ0v) is 11.5. The van der Waals surface area contributed by atoms with Crippen molar-refractivity contribution in [1.29, 1.82) is 0 Å². The zero-order chi connectivity index (χ0) is 14.0. The average molecular weight is 288 g/mol. The van der Waals surface area contributed by atoms with Crippen LogP contribution in [-0.4, -0.2) is 45.1 Å². The Morgan fingerprint density at radius 1 is 1.53 bits per heavy atom. The summed E-state index contributed by atoms with van der Waals surface area (Å²) in [6, 6.07) is 3.76. The van der Waals surface area contributed by atoms with Crippen molar-refractivity contribution in [2.24, 2.45) is 5.73 Å². The first-order chi connectivity index (χ1) is 8.95. The van der Waals surface area contributed by atoms with Crippen molar-refractivity contribution in [2.45, 2.75) is 17.9 Å². The minimum atomic E-state index is -3.70. The molecule has 106 valence electrons. The van der Waals surface area contributed by atoms with E-state index in [0.717, 1.165) is 6.07 Å². The van der Waals surface area contributed by atoms with Crippen LogP contribution in [0.4, 0.5) is 4.39 Å². The van der Waals surface area contributed by atoms with Crippen LogP contribution in [0.2, 0.25) is 0 Å². The molecule has 0 saturated carbocycles. The summed E-state index contributed by atoms with van der Waals surface area (Å²) in [5, 5.41) is 0. The fourth-order valence-corrected chi connectivity index (χ4v) is 3.74. The van der Waals surface area contributed by atoms with Crippen molar-refractivity contribution in [1.82, 2.24) is 4.31 Å². The highest BCUT2D eigenvalue weighted by Crippen LogP contribution is 2.22. The second kappa shape index (κ2) is 5.54. The normalized spacial score (nSPS) is 21.5. The Labute approximate surface area is 112 Å². The number of nitrogens with zero attached hydrogens (tertiary/aromatic N) is 1. The van der Waals surface area contributed by atoms with E-state index in [2.05, 4.69) is 0 Å². The zero-order valence-electron chi connectivity index (χ0n) is 10.7. The van der Waals surface area contributed by atoms with Crippen LogP contribution < -0.4 is 5.73 Å². The molecule has 1 aromatic carbocycles. The third kappa shape index (κ3) is 2.94. The first-order valence-electron chi connectivity index (χ1n) is 6.03. The topological polar surface area (TPSA) is 72.6 Å². The van der Waals surface area contributed by atoms with Crippen molar-refractivity contribution in [2.75, 3.05) is 26.2 Å². The minimum Gasteiger partial charge on any atom is -0.374 e. The molecular formula is C12H17FN2O3S. The van der Waals surface area contributed by atoms with Gasteiger partial charge in [0, 0.05) is 19.6 Å². The SMILES string of the molecule is Cc1ccc(F)cc1S(=O)(=O)N1CCOC(CN)C1. The molecule has 0 radical (unpaired) electrons. The number of hydrogen-bond donors (Lipinski definition) is 1. The lowest BCUT2D eigenvalue weighted by molar-refractivity contribution is 0.00449. The molecular weight excluding hydrogens is 271 g/mol. The van der Waals surface area contributed by atoms with E-state index < -0.39 is 15.8 Å². The number of ether oxygens (including phenoxy) is 1. The Bertz CT molecular complexity index is 562. The second-order valence-electron chi connectivity index (χ2n) is 4.50. The van der Waals surface area contributed by atoms with Crippen LogP contribution in [-0.2, 0) is 14.8 Å². The molecule has 1 heterocycles. The summed E-state index contributed by atoms with van der Waals surface area (Å²) in [6.45, 7) is 2.67. The Kier molecular flexibility index (Phi) is 4.19. The first-order valence-corrected chi connectivity index (χ1v) is 7.47. The van der Waals surface area contributed by atoms with Gasteiger partial charge in [-0.1, -0.05) is 6.07 Å². The van der Waals surface area contributed by atoms with E-state index in [0.29, 0.717) is 12.2 Å². The molecule has 1 atom stereocenters. The van der Waals surface area contributed by atoms with Gasteiger partial charge in [-0.05, 0) is 24.6 Å². The Balaban J connectivity index is 2.34. The van der Waals surface area contributed by atoms with Gasteiger partial charge in [-0.25, -0.2) is 12.8 Å². The predicted molar refractivity (Wildman–Crippen MR) is 68.7 cm³/mol. The largest absolute Gasteiger partial charge is 0.374 e. The molecule has 1 aromatic rings. The fraction of sp³-hybridized carbons (Fsp3) is 0.500. The van der Waals surface area contributed by atoms with Crippen LogP contribution in [0.5, 0.6) is 0 Å². The lowest BCUT2D eigenvalue weighted by Crippen LogP contribution is -2.48. The summed E-state index contributed by atoms with van der Waals surface area (Å²) in [5.41, 5.74) is 6.02. The van der Waals surface area contributed by atoms with Gasteiger partial charge in [0.05, 0.1) is 17.6 Å². The molecule has 0 amide bonds. The van der Waals surface area contributed by atoms with Gasteiger partial charge in [0.2, 0.25) is 10.0 Å². The highest BCUT2D eigenvalue weighted by atomic mass is 32.2. The van der Waals surface area contributed by atoms with E-state index in [-0.39, 0.29) is 30.6 Å². The maximum atomic E-state index is 13.3. The maximum Gasteiger partial charge on any atom is 0.243 e.